The number of nitrogen functional groups attached to an aromatic ring is 1. The minimum Gasteiger partial charge on any atom is -0.384 e. The molecule has 4 nitrogen and oxygen atoms in total. The average molecular weight is 286 g/mol. The lowest BCUT2D eigenvalue weighted by Crippen LogP contribution is -2.22. The van der Waals surface area contributed by atoms with Gasteiger partial charge < -0.3 is 10.6 Å². The van der Waals surface area contributed by atoms with Crippen molar-refractivity contribution in [3.63, 3.8) is 0 Å². The van der Waals surface area contributed by atoms with E-state index < -0.39 is 0 Å². The summed E-state index contributed by atoms with van der Waals surface area (Å²) in [5.41, 5.74) is 8.70. The summed E-state index contributed by atoms with van der Waals surface area (Å²) >= 11 is 1.60. The van der Waals surface area contributed by atoms with Crippen LogP contribution in [-0.4, -0.2) is 24.1 Å². The number of rotatable bonds is 5. The first-order chi connectivity index (χ1) is 9.63. The number of thioether (sulfide) groups is 1. The third-order valence-electron chi connectivity index (χ3n) is 3.07. The van der Waals surface area contributed by atoms with Gasteiger partial charge in [0.1, 0.15) is 5.84 Å². The fraction of sp³-hybridized carbons (Fsp3) is 0.200. The minimum absolute atomic E-state index is 0.103. The molecular weight excluding hydrogens is 268 g/mol. The summed E-state index contributed by atoms with van der Waals surface area (Å²) in [5.74, 6) is 0.103. The van der Waals surface area contributed by atoms with Crippen LogP contribution in [0.25, 0.3) is 0 Å². The van der Waals surface area contributed by atoms with E-state index in [0.717, 1.165) is 22.7 Å². The lowest BCUT2D eigenvalue weighted by molar-refractivity contribution is 0.914. The Labute approximate surface area is 123 Å². The molecule has 2 rings (SSSR count). The molecule has 0 spiro atoms. The first kappa shape index (κ1) is 14.4. The molecule has 104 valence electrons. The molecule has 1 aromatic carbocycles. The van der Waals surface area contributed by atoms with Gasteiger partial charge in [-0.05, 0) is 36.1 Å². The smallest absolute Gasteiger partial charge is 0.126 e. The van der Waals surface area contributed by atoms with Crippen LogP contribution in [0.3, 0.4) is 0 Å². The maximum absolute atomic E-state index is 7.82. The Kier molecular flexibility index (Phi) is 4.63. The minimum atomic E-state index is 0.103. The molecule has 0 radical (unpaired) electrons. The maximum atomic E-state index is 7.82. The second-order valence-electron chi connectivity index (χ2n) is 4.48. The zero-order chi connectivity index (χ0) is 14.5. The summed E-state index contributed by atoms with van der Waals surface area (Å²) in [6.07, 6.45) is 5.56. The first-order valence-electron chi connectivity index (χ1n) is 6.25. The van der Waals surface area contributed by atoms with Crippen molar-refractivity contribution in [1.82, 2.24) is 4.98 Å². The van der Waals surface area contributed by atoms with Crippen molar-refractivity contribution in [2.24, 2.45) is 5.73 Å². The number of benzene rings is 1. The molecule has 0 aliphatic heterocycles. The van der Waals surface area contributed by atoms with E-state index in [4.69, 9.17) is 11.1 Å². The Bertz CT molecular complexity index is 598. The van der Waals surface area contributed by atoms with Gasteiger partial charge in [0.2, 0.25) is 0 Å². The Morgan fingerprint density at radius 3 is 2.60 bits per heavy atom. The molecule has 0 saturated carbocycles. The highest BCUT2D eigenvalue weighted by molar-refractivity contribution is 7.98. The van der Waals surface area contributed by atoms with E-state index in [2.05, 4.69) is 9.88 Å². The number of anilines is 1. The quantitative estimate of drug-likeness (QED) is 0.504. The van der Waals surface area contributed by atoms with E-state index in [9.17, 15) is 0 Å². The van der Waals surface area contributed by atoms with Gasteiger partial charge in [0.15, 0.2) is 0 Å². The van der Waals surface area contributed by atoms with Gasteiger partial charge in [-0.2, -0.15) is 0 Å². The van der Waals surface area contributed by atoms with Crippen molar-refractivity contribution in [3.05, 3.63) is 53.9 Å². The predicted octanol–water partition coefficient (Wildman–Crippen LogP) is 2.72. The molecule has 0 saturated heterocycles. The van der Waals surface area contributed by atoms with Crippen molar-refractivity contribution >= 4 is 23.3 Å². The van der Waals surface area contributed by atoms with Crippen LogP contribution in [0.5, 0.6) is 0 Å². The molecular formula is C15H18N4S. The predicted molar refractivity (Wildman–Crippen MR) is 85.6 cm³/mol. The molecule has 5 heteroatoms. The van der Waals surface area contributed by atoms with Crippen molar-refractivity contribution in [3.8, 4) is 0 Å². The second-order valence-corrected chi connectivity index (χ2v) is 5.33. The number of aromatic nitrogens is 1. The van der Waals surface area contributed by atoms with Crippen LogP contribution in [0.4, 0.5) is 5.69 Å². The number of amidine groups is 1. The fourth-order valence-electron chi connectivity index (χ4n) is 2.13. The third-order valence-corrected chi connectivity index (χ3v) is 3.85. The third kappa shape index (κ3) is 3.11. The Morgan fingerprint density at radius 2 is 2.00 bits per heavy atom. The van der Waals surface area contributed by atoms with E-state index in [1.165, 1.54) is 5.56 Å². The van der Waals surface area contributed by atoms with E-state index in [1.807, 2.05) is 43.6 Å². The number of pyridine rings is 1. The molecule has 0 aliphatic carbocycles. The van der Waals surface area contributed by atoms with Crippen LogP contribution in [0.1, 0.15) is 11.1 Å². The lowest BCUT2D eigenvalue weighted by atomic mass is 10.1. The molecule has 1 aromatic heterocycles. The van der Waals surface area contributed by atoms with Gasteiger partial charge in [-0.25, -0.2) is 0 Å². The summed E-state index contributed by atoms with van der Waals surface area (Å²) < 4.78 is 0. The van der Waals surface area contributed by atoms with Crippen LogP contribution >= 0.6 is 11.8 Å². The molecule has 0 fully saturated rings. The number of nitrogens with zero attached hydrogens (tertiary/aromatic N) is 2. The first-order valence-corrected chi connectivity index (χ1v) is 7.47. The zero-order valence-corrected chi connectivity index (χ0v) is 12.4. The molecule has 0 atom stereocenters. The van der Waals surface area contributed by atoms with Crippen LogP contribution in [0, 0.1) is 5.41 Å². The van der Waals surface area contributed by atoms with Gasteiger partial charge in [-0.3, -0.25) is 10.4 Å². The number of nitrogens with two attached hydrogens (primary N) is 1. The Balaban J connectivity index is 2.34. The summed E-state index contributed by atoms with van der Waals surface area (Å²) in [4.78, 5) is 7.15. The summed E-state index contributed by atoms with van der Waals surface area (Å²) in [6.45, 7) is 0.751. The van der Waals surface area contributed by atoms with Crippen molar-refractivity contribution < 1.29 is 0 Å². The Hall–Kier alpha value is -2.01. The summed E-state index contributed by atoms with van der Waals surface area (Å²) in [7, 11) is 2.01. The molecule has 0 bridgehead atoms. The van der Waals surface area contributed by atoms with Crippen molar-refractivity contribution in [2.45, 2.75) is 11.4 Å². The number of hydrogen-bond donors (Lipinski definition) is 2. The highest BCUT2D eigenvalue weighted by Crippen LogP contribution is 2.29. The number of nitrogens with one attached hydrogen (secondary N) is 1. The van der Waals surface area contributed by atoms with E-state index in [1.54, 1.807) is 24.2 Å². The van der Waals surface area contributed by atoms with E-state index >= 15 is 0 Å². The standard InChI is InChI=1S/C15H18N4S/c1-19(10-11-6-8-18-9-7-11)12-4-3-5-13(20-2)14(12)15(16)17/h3-9H,10H2,1-2H3,(H3,16,17). The summed E-state index contributed by atoms with van der Waals surface area (Å²) in [5, 5.41) is 7.82. The monoisotopic (exact) mass is 286 g/mol. The zero-order valence-electron chi connectivity index (χ0n) is 11.6. The van der Waals surface area contributed by atoms with E-state index in [0.29, 0.717) is 0 Å². The molecule has 0 aliphatic rings. The van der Waals surface area contributed by atoms with Gasteiger partial charge in [-0.15, -0.1) is 11.8 Å². The molecule has 3 N–H and O–H groups in total. The van der Waals surface area contributed by atoms with Crippen LogP contribution in [0.2, 0.25) is 0 Å². The lowest BCUT2D eigenvalue weighted by Gasteiger charge is -2.23. The fourth-order valence-corrected chi connectivity index (χ4v) is 2.76. The van der Waals surface area contributed by atoms with Crippen LogP contribution in [0.15, 0.2) is 47.6 Å². The molecule has 2 aromatic rings. The average Bonchev–Trinajstić information content (AvgIpc) is 2.47. The van der Waals surface area contributed by atoms with Gasteiger partial charge in [0.25, 0.3) is 0 Å². The second kappa shape index (κ2) is 6.43. The topological polar surface area (TPSA) is 66.0 Å². The van der Waals surface area contributed by atoms with Gasteiger partial charge in [0.05, 0.1) is 5.56 Å². The van der Waals surface area contributed by atoms with Crippen molar-refractivity contribution in [2.75, 3.05) is 18.2 Å². The molecule has 0 amide bonds. The van der Waals surface area contributed by atoms with Crippen LogP contribution < -0.4 is 10.6 Å². The summed E-state index contributed by atoms with van der Waals surface area (Å²) in [6, 6.07) is 9.96. The maximum Gasteiger partial charge on any atom is 0.126 e. The SMILES string of the molecule is CSc1cccc(N(C)Cc2ccncc2)c1C(=N)N. The normalized spacial score (nSPS) is 10.3. The molecule has 1 heterocycles. The molecule has 20 heavy (non-hydrogen) atoms. The largest absolute Gasteiger partial charge is 0.384 e. The van der Waals surface area contributed by atoms with Crippen molar-refractivity contribution in [1.29, 1.82) is 5.41 Å². The van der Waals surface area contributed by atoms with Crippen LogP contribution in [-0.2, 0) is 6.54 Å². The van der Waals surface area contributed by atoms with Gasteiger partial charge in [0, 0.05) is 36.6 Å². The van der Waals surface area contributed by atoms with Gasteiger partial charge >= 0.3 is 0 Å². The highest BCUT2D eigenvalue weighted by atomic mass is 32.2. The highest BCUT2D eigenvalue weighted by Gasteiger charge is 2.14. The molecule has 0 unspecified atom stereocenters. The number of hydrogen-bond acceptors (Lipinski definition) is 4. The Morgan fingerprint density at radius 1 is 1.30 bits per heavy atom. The van der Waals surface area contributed by atoms with Gasteiger partial charge in [-0.1, -0.05) is 6.07 Å². The van der Waals surface area contributed by atoms with E-state index in [-0.39, 0.29) is 5.84 Å².